The number of H-pyrrole nitrogens is 1. The Kier molecular flexibility index (Phi) is 4.68. The van der Waals surface area contributed by atoms with Crippen molar-refractivity contribution >= 4 is 39.7 Å². The van der Waals surface area contributed by atoms with Crippen LogP contribution in [0.2, 0.25) is 0 Å². The van der Waals surface area contributed by atoms with Crippen LogP contribution in [-0.4, -0.2) is 19.9 Å². The van der Waals surface area contributed by atoms with Crippen molar-refractivity contribution in [3.05, 3.63) is 84.7 Å². The zero-order valence-corrected chi connectivity index (χ0v) is 16.9. The molecule has 3 aromatic heterocycles. The van der Waals surface area contributed by atoms with Crippen LogP contribution in [0.1, 0.15) is 5.56 Å². The maximum atomic E-state index is 5.85. The molecule has 0 spiro atoms. The van der Waals surface area contributed by atoms with Crippen LogP contribution in [0.5, 0.6) is 0 Å². The number of anilines is 5. The van der Waals surface area contributed by atoms with Gasteiger partial charge in [-0.2, -0.15) is 0 Å². The minimum absolute atomic E-state index is 0.493. The first-order valence-electron chi connectivity index (χ1n) is 9.91. The molecule has 0 bridgehead atoms. The quantitative estimate of drug-likeness (QED) is 0.311. The molecule has 3 heterocycles. The molecule has 0 saturated heterocycles. The SMILES string of the molecule is Cc1cc(N)nc(Nc2ccc3[nH]c(-c4ccc(Nc5ccncc5)cc4)nc3c2)c1. The topological polar surface area (TPSA) is 105 Å². The fourth-order valence-corrected chi connectivity index (χ4v) is 3.44. The summed E-state index contributed by atoms with van der Waals surface area (Å²) in [6.45, 7) is 1.99. The van der Waals surface area contributed by atoms with Gasteiger partial charge in [0.15, 0.2) is 0 Å². The first kappa shape index (κ1) is 18.6. The average Bonchev–Trinajstić information content (AvgIpc) is 3.18. The molecular formula is C24H21N7. The van der Waals surface area contributed by atoms with E-state index in [4.69, 9.17) is 10.7 Å². The van der Waals surface area contributed by atoms with Gasteiger partial charge in [-0.1, -0.05) is 0 Å². The second-order valence-corrected chi connectivity index (χ2v) is 7.34. The summed E-state index contributed by atoms with van der Waals surface area (Å²) < 4.78 is 0. The van der Waals surface area contributed by atoms with E-state index in [1.165, 1.54) is 0 Å². The van der Waals surface area contributed by atoms with E-state index in [1.807, 2.05) is 73.7 Å². The van der Waals surface area contributed by atoms with E-state index in [1.54, 1.807) is 12.4 Å². The lowest BCUT2D eigenvalue weighted by Crippen LogP contribution is -1.98. The van der Waals surface area contributed by atoms with Crippen molar-refractivity contribution in [2.45, 2.75) is 6.92 Å². The van der Waals surface area contributed by atoms with Crippen LogP contribution in [0.25, 0.3) is 22.4 Å². The molecule has 0 radical (unpaired) electrons. The van der Waals surface area contributed by atoms with Crippen molar-refractivity contribution in [2.24, 2.45) is 0 Å². The standard InChI is InChI=1S/C24H21N7/c1-15-12-22(25)31-23(13-15)28-19-6-7-20-21(14-19)30-24(29-20)16-2-4-17(5-3-16)27-18-8-10-26-11-9-18/h2-14H,1H3,(H,26,27)(H,29,30)(H3,25,28,31). The van der Waals surface area contributed by atoms with E-state index in [0.29, 0.717) is 11.6 Å². The number of imidazole rings is 1. The molecule has 5 aromatic rings. The number of hydrogen-bond acceptors (Lipinski definition) is 6. The number of nitrogens with zero attached hydrogens (tertiary/aromatic N) is 3. The highest BCUT2D eigenvalue weighted by Gasteiger charge is 2.07. The lowest BCUT2D eigenvalue weighted by Gasteiger charge is -2.07. The van der Waals surface area contributed by atoms with Gasteiger partial charge in [0.1, 0.15) is 17.5 Å². The van der Waals surface area contributed by atoms with E-state index in [2.05, 4.69) is 25.6 Å². The molecule has 0 amide bonds. The lowest BCUT2D eigenvalue weighted by molar-refractivity contribution is 1.28. The number of nitrogen functional groups attached to an aromatic ring is 1. The molecule has 31 heavy (non-hydrogen) atoms. The Morgan fingerprint density at radius 1 is 0.774 bits per heavy atom. The number of pyridine rings is 2. The van der Waals surface area contributed by atoms with Gasteiger partial charge in [0.2, 0.25) is 0 Å². The number of benzene rings is 2. The van der Waals surface area contributed by atoms with Crippen LogP contribution in [0.4, 0.5) is 28.7 Å². The van der Waals surface area contributed by atoms with Crippen molar-refractivity contribution in [1.82, 2.24) is 19.9 Å². The van der Waals surface area contributed by atoms with E-state index < -0.39 is 0 Å². The normalized spacial score (nSPS) is 10.9. The number of nitrogens with two attached hydrogens (primary N) is 1. The summed E-state index contributed by atoms with van der Waals surface area (Å²) in [5.74, 6) is 2.03. The molecule has 5 N–H and O–H groups in total. The Balaban J connectivity index is 1.37. The number of aryl methyl sites for hydroxylation is 1. The van der Waals surface area contributed by atoms with Crippen LogP contribution in [0.15, 0.2) is 79.1 Å². The Morgan fingerprint density at radius 3 is 2.29 bits per heavy atom. The average molecular weight is 407 g/mol. The summed E-state index contributed by atoms with van der Waals surface area (Å²) in [4.78, 5) is 16.5. The summed E-state index contributed by atoms with van der Waals surface area (Å²) in [7, 11) is 0. The lowest BCUT2D eigenvalue weighted by atomic mass is 10.2. The smallest absolute Gasteiger partial charge is 0.138 e. The van der Waals surface area contributed by atoms with Crippen LogP contribution in [-0.2, 0) is 0 Å². The Hall–Kier alpha value is -4.39. The maximum Gasteiger partial charge on any atom is 0.138 e. The second kappa shape index (κ2) is 7.79. The van der Waals surface area contributed by atoms with Crippen molar-refractivity contribution in [3.8, 4) is 11.4 Å². The first-order chi connectivity index (χ1) is 15.1. The van der Waals surface area contributed by atoms with Gasteiger partial charge < -0.3 is 21.4 Å². The van der Waals surface area contributed by atoms with Crippen LogP contribution in [0, 0.1) is 6.92 Å². The summed E-state index contributed by atoms with van der Waals surface area (Å²) in [5.41, 5.74) is 12.7. The zero-order valence-electron chi connectivity index (χ0n) is 16.9. The van der Waals surface area contributed by atoms with Crippen LogP contribution in [0.3, 0.4) is 0 Å². The van der Waals surface area contributed by atoms with Crippen molar-refractivity contribution in [1.29, 1.82) is 0 Å². The fourth-order valence-electron chi connectivity index (χ4n) is 3.44. The van der Waals surface area contributed by atoms with Crippen LogP contribution < -0.4 is 16.4 Å². The largest absolute Gasteiger partial charge is 0.384 e. The Morgan fingerprint density at radius 2 is 1.52 bits per heavy atom. The van der Waals surface area contributed by atoms with Crippen molar-refractivity contribution in [2.75, 3.05) is 16.4 Å². The van der Waals surface area contributed by atoms with Gasteiger partial charge in [-0.15, -0.1) is 0 Å². The maximum absolute atomic E-state index is 5.85. The molecule has 2 aromatic carbocycles. The number of hydrogen-bond donors (Lipinski definition) is 4. The van der Waals surface area contributed by atoms with Gasteiger partial charge in [0.05, 0.1) is 11.0 Å². The zero-order chi connectivity index (χ0) is 21.2. The number of fused-ring (bicyclic) bond motifs is 1. The third kappa shape index (κ3) is 4.16. The number of rotatable bonds is 5. The molecule has 0 aliphatic rings. The second-order valence-electron chi connectivity index (χ2n) is 7.34. The fraction of sp³-hybridized carbons (Fsp3) is 0.0417. The van der Waals surface area contributed by atoms with Gasteiger partial charge >= 0.3 is 0 Å². The number of aromatic amines is 1. The molecule has 5 rings (SSSR count). The number of nitrogens with one attached hydrogen (secondary N) is 3. The predicted octanol–water partition coefficient (Wildman–Crippen LogP) is 5.40. The molecule has 0 aliphatic heterocycles. The van der Waals surface area contributed by atoms with E-state index in [0.717, 1.165) is 45.0 Å². The summed E-state index contributed by atoms with van der Waals surface area (Å²) in [5, 5.41) is 6.65. The molecule has 7 nitrogen and oxygen atoms in total. The summed E-state index contributed by atoms with van der Waals surface area (Å²) >= 11 is 0. The molecular weight excluding hydrogens is 386 g/mol. The highest BCUT2D eigenvalue weighted by Crippen LogP contribution is 2.26. The monoisotopic (exact) mass is 407 g/mol. The minimum atomic E-state index is 0.493. The Bertz CT molecular complexity index is 1320. The minimum Gasteiger partial charge on any atom is -0.384 e. The van der Waals surface area contributed by atoms with Gasteiger partial charge in [0, 0.05) is 35.0 Å². The molecule has 152 valence electrons. The third-order valence-corrected chi connectivity index (χ3v) is 4.87. The van der Waals surface area contributed by atoms with Gasteiger partial charge in [0.25, 0.3) is 0 Å². The van der Waals surface area contributed by atoms with Gasteiger partial charge in [-0.05, 0) is 79.2 Å². The van der Waals surface area contributed by atoms with Crippen LogP contribution >= 0.6 is 0 Å². The summed E-state index contributed by atoms with van der Waals surface area (Å²) in [6.07, 6.45) is 3.52. The molecule has 0 unspecified atom stereocenters. The van der Waals surface area contributed by atoms with E-state index in [-0.39, 0.29) is 0 Å². The first-order valence-corrected chi connectivity index (χ1v) is 9.91. The third-order valence-electron chi connectivity index (χ3n) is 4.87. The number of aromatic nitrogens is 4. The molecule has 0 aliphatic carbocycles. The van der Waals surface area contributed by atoms with Gasteiger partial charge in [-0.3, -0.25) is 4.98 Å². The van der Waals surface area contributed by atoms with E-state index in [9.17, 15) is 0 Å². The van der Waals surface area contributed by atoms with Crippen molar-refractivity contribution in [3.63, 3.8) is 0 Å². The van der Waals surface area contributed by atoms with E-state index >= 15 is 0 Å². The molecule has 0 saturated carbocycles. The predicted molar refractivity (Wildman–Crippen MR) is 126 cm³/mol. The molecule has 0 fully saturated rings. The molecule has 0 atom stereocenters. The van der Waals surface area contributed by atoms with Crippen molar-refractivity contribution < 1.29 is 0 Å². The Labute approximate surface area is 179 Å². The molecule has 7 heteroatoms. The summed E-state index contributed by atoms with van der Waals surface area (Å²) in [6, 6.07) is 21.8. The van der Waals surface area contributed by atoms with Gasteiger partial charge in [-0.25, -0.2) is 9.97 Å². The highest BCUT2D eigenvalue weighted by atomic mass is 15.0. The highest BCUT2D eigenvalue weighted by molar-refractivity contribution is 5.83.